The second-order valence-corrected chi connectivity index (χ2v) is 6.62. The van der Waals surface area contributed by atoms with Gasteiger partial charge >= 0.3 is 0 Å². The molecule has 1 aliphatic rings. The highest BCUT2D eigenvalue weighted by molar-refractivity contribution is 5.99. The highest BCUT2D eigenvalue weighted by Gasteiger charge is 2.30. The number of anilines is 1. The maximum atomic E-state index is 14.1. The van der Waals surface area contributed by atoms with E-state index in [1.54, 1.807) is 6.07 Å². The van der Waals surface area contributed by atoms with E-state index in [1.807, 2.05) is 0 Å². The predicted molar refractivity (Wildman–Crippen MR) is 83.8 cm³/mol. The van der Waals surface area contributed by atoms with E-state index in [0.29, 0.717) is 24.9 Å². The van der Waals surface area contributed by atoms with Crippen LogP contribution in [0.1, 0.15) is 49.2 Å². The summed E-state index contributed by atoms with van der Waals surface area (Å²) in [6.45, 7) is 2.70. The standard InChI is InChI=1S/C16H23F2N3O2/c1-16(2,23)13(18)8-12-14(15(19)22)11(5-6-20-12)21-10-4-3-9(17)7-10/h5-6,9-10,13,23H,3-4,7-8H2,1-2H3,(H2,19,22)(H,20,21)/t9?,10?,13-/m1/s1. The zero-order valence-electron chi connectivity index (χ0n) is 13.4. The molecule has 0 aliphatic heterocycles. The molecular formula is C16H23F2N3O2. The average Bonchev–Trinajstić information content (AvgIpc) is 2.82. The molecule has 1 aromatic heterocycles. The van der Waals surface area contributed by atoms with E-state index < -0.39 is 23.9 Å². The number of alkyl halides is 2. The molecule has 0 spiro atoms. The Labute approximate surface area is 134 Å². The van der Waals surface area contributed by atoms with Crippen LogP contribution in [0.5, 0.6) is 0 Å². The van der Waals surface area contributed by atoms with Crippen LogP contribution in [0.2, 0.25) is 0 Å². The summed E-state index contributed by atoms with van der Waals surface area (Å²) in [5.74, 6) is -0.728. The Morgan fingerprint density at radius 3 is 2.78 bits per heavy atom. The summed E-state index contributed by atoms with van der Waals surface area (Å²) in [5.41, 5.74) is 4.60. The van der Waals surface area contributed by atoms with E-state index in [2.05, 4.69) is 10.3 Å². The van der Waals surface area contributed by atoms with E-state index in [9.17, 15) is 18.7 Å². The lowest BCUT2D eigenvalue weighted by Gasteiger charge is -2.23. The lowest BCUT2D eigenvalue weighted by molar-refractivity contribution is -0.00307. The zero-order chi connectivity index (χ0) is 17.2. The van der Waals surface area contributed by atoms with Gasteiger partial charge in [0.05, 0.1) is 22.5 Å². The predicted octanol–water partition coefficient (Wildman–Crippen LogP) is 2.13. The third-order valence-electron chi connectivity index (χ3n) is 4.14. The van der Waals surface area contributed by atoms with E-state index in [4.69, 9.17) is 5.73 Å². The Balaban J connectivity index is 2.26. The van der Waals surface area contributed by atoms with Gasteiger partial charge in [-0.3, -0.25) is 9.78 Å². The fourth-order valence-electron chi connectivity index (χ4n) is 2.75. The van der Waals surface area contributed by atoms with Crippen LogP contribution in [0.3, 0.4) is 0 Å². The number of hydrogen-bond acceptors (Lipinski definition) is 4. The van der Waals surface area contributed by atoms with Gasteiger partial charge in [0.25, 0.3) is 5.91 Å². The first-order valence-electron chi connectivity index (χ1n) is 7.73. The van der Waals surface area contributed by atoms with Crippen LogP contribution in [0.25, 0.3) is 0 Å². The van der Waals surface area contributed by atoms with Crippen LogP contribution in [0, 0.1) is 0 Å². The molecule has 7 heteroatoms. The lowest BCUT2D eigenvalue weighted by Crippen LogP contribution is -2.35. The molecule has 3 atom stereocenters. The minimum Gasteiger partial charge on any atom is -0.387 e. The molecule has 1 amide bonds. The second-order valence-electron chi connectivity index (χ2n) is 6.62. The average molecular weight is 327 g/mol. The van der Waals surface area contributed by atoms with Gasteiger partial charge in [0.1, 0.15) is 12.3 Å². The summed E-state index contributed by atoms with van der Waals surface area (Å²) >= 11 is 0. The molecule has 2 unspecified atom stereocenters. The fourth-order valence-corrected chi connectivity index (χ4v) is 2.75. The van der Waals surface area contributed by atoms with E-state index in [1.165, 1.54) is 20.0 Å². The zero-order valence-corrected chi connectivity index (χ0v) is 13.4. The summed E-state index contributed by atoms with van der Waals surface area (Å²) in [5, 5.41) is 12.8. The van der Waals surface area contributed by atoms with Crippen molar-refractivity contribution in [3.63, 3.8) is 0 Å². The van der Waals surface area contributed by atoms with Crippen molar-refractivity contribution in [2.75, 3.05) is 5.32 Å². The molecule has 1 fully saturated rings. The van der Waals surface area contributed by atoms with Gasteiger partial charge in [0.15, 0.2) is 0 Å². The number of halogens is 2. The Morgan fingerprint density at radius 1 is 1.57 bits per heavy atom. The van der Waals surface area contributed by atoms with Crippen molar-refractivity contribution in [3.8, 4) is 0 Å². The third kappa shape index (κ3) is 4.37. The lowest BCUT2D eigenvalue weighted by atomic mass is 9.96. The fraction of sp³-hybridized carbons (Fsp3) is 0.625. The van der Waals surface area contributed by atoms with Crippen LogP contribution < -0.4 is 11.1 Å². The molecule has 0 radical (unpaired) electrons. The topological polar surface area (TPSA) is 88.2 Å². The normalized spacial score (nSPS) is 22.8. The number of carbonyl (C=O) groups is 1. The van der Waals surface area contributed by atoms with Crippen LogP contribution in [0.15, 0.2) is 12.3 Å². The molecule has 5 nitrogen and oxygen atoms in total. The quantitative estimate of drug-likeness (QED) is 0.747. The van der Waals surface area contributed by atoms with Crippen LogP contribution >= 0.6 is 0 Å². The van der Waals surface area contributed by atoms with Crippen molar-refractivity contribution in [1.82, 2.24) is 4.98 Å². The number of pyridine rings is 1. The molecular weight excluding hydrogens is 304 g/mol. The molecule has 0 saturated heterocycles. The second kappa shape index (κ2) is 6.78. The van der Waals surface area contributed by atoms with Crippen molar-refractivity contribution in [2.24, 2.45) is 5.73 Å². The van der Waals surface area contributed by atoms with Crippen molar-refractivity contribution in [3.05, 3.63) is 23.5 Å². The van der Waals surface area contributed by atoms with Crippen molar-refractivity contribution in [1.29, 1.82) is 0 Å². The minimum atomic E-state index is -1.59. The summed E-state index contributed by atoms with van der Waals surface area (Å²) in [4.78, 5) is 15.8. The third-order valence-corrected chi connectivity index (χ3v) is 4.14. The van der Waals surface area contributed by atoms with Gasteiger partial charge in [-0.05, 0) is 39.2 Å². The molecule has 2 rings (SSSR count). The number of aromatic nitrogens is 1. The molecule has 23 heavy (non-hydrogen) atoms. The number of carbonyl (C=O) groups excluding carboxylic acids is 1. The number of nitrogens with two attached hydrogens (primary N) is 1. The first-order chi connectivity index (χ1) is 10.7. The number of nitrogens with one attached hydrogen (secondary N) is 1. The number of aliphatic hydroxyl groups is 1. The minimum absolute atomic E-state index is 0.0891. The summed E-state index contributed by atoms with van der Waals surface area (Å²) in [6.07, 6.45) is 0.280. The van der Waals surface area contributed by atoms with E-state index >= 15 is 0 Å². The Bertz CT molecular complexity index is 575. The molecule has 1 aliphatic carbocycles. The van der Waals surface area contributed by atoms with Gasteiger partial charge in [-0.15, -0.1) is 0 Å². The van der Waals surface area contributed by atoms with Crippen molar-refractivity contribution < 1.29 is 18.7 Å². The summed E-state index contributed by atoms with van der Waals surface area (Å²) < 4.78 is 27.4. The largest absolute Gasteiger partial charge is 0.387 e. The van der Waals surface area contributed by atoms with Crippen molar-refractivity contribution >= 4 is 11.6 Å². The van der Waals surface area contributed by atoms with Gasteiger partial charge in [0.2, 0.25) is 0 Å². The molecule has 0 bridgehead atoms. The first-order valence-corrected chi connectivity index (χ1v) is 7.73. The van der Waals surface area contributed by atoms with Crippen molar-refractivity contribution in [2.45, 2.75) is 63.5 Å². The molecule has 1 aromatic rings. The van der Waals surface area contributed by atoms with Crippen LogP contribution in [-0.4, -0.2) is 40.0 Å². The first kappa shape index (κ1) is 17.6. The SMILES string of the molecule is CC(C)(O)[C@H](F)Cc1nccc(NC2CCC(F)C2)c1C(N)=O. The van der Waals surface area contributed by atoms with E-state index in [0.717, 1.165) is 0 Å². The number of hydrogen-bond donors (Lipinski definition) is 3. The van der Waals surface area contributed by atoms with Crippen LogP contribution in [-0.2, 0) is 6.42 Å². The van der Waals surface area contributed by atoms with Crippen LogP contribution in [0.4, 0.5) is 14.5 Å². The maximum Gasteiger partial charge on any atom is 0.252 e. The molecule has 1 heterocycles. The maximum absolute atomic E-state index is 14.1. The van der Waals surface area contributed by atoms with Gasteiger partial charge in [-0.2, -0.15) is 0 Å². The van der Waals surface area contributed by atoms with Gasteiger partial charge in [-0.1, -0.05) is 0 Å². The summed E-state index contributed by atoms with van der Waals surface area (Å²) in [7, 11) is 0. The number of primary amides is 1. The number of amides is 1. The molecule has 4 N–H and O–H groups in total. The Hall–Kier alpha value is -1.76. The van der Waals surface area contributed by atoms with Gasteiger partial charge < -0.3 is 16.2 Å². The highest BCUT2D eigenvalue weighted by atomic mass is 19.1. The smallest absolute Gasteiger partial charge is 0.252 e. The Kier molecular flexibility index (Phi) is 5.19. The van der Waals surface area contributed by atoms with Gasteiger partial charge in [-0.25, -0.2) is 8.78 Å². The highest BCUT2D eigenvalue weighted by Crippen LogP contribution is 2.28. The molecule has 1 saturated carbocycles. The number of nitrogens with zero attached hydrogens (tertiary/aromatic N) is 1. The van der Waals surface area contributed by atoms with E-state index in [-0.39, 0.29) is 23.7 Å². The molecule has 128 valence electrons. The molecule has 0 aromatic carbocycles. The monoisotopic (exact) mass is 327 g/mol. The number of rotatable bonds is 6. The summed E-state index contributed by atoms with van der Waals surface area (Å²) in [6, 6.07) is 1.49. The van der Waals surface area contributed by atoms with Gasteiger partial charge in [0, 0.05) is 18.7 Å². The Morgan fingerprint density at radius 2 is 2.26 bits per heavy atom.